The normalized spacial score (nSPS) is 12.3. The number of anilines is 1. The van der Waals surface area contributed by atoms with Crippen LogP contribution in [0.15, 0.2) is 35.3 Å². The lowest BCUT2D eigenvalue weighted by Gasteiger charge is -2.12. The summed E-state index contributed by atoms with van der Waals surface area (Å²) >= 11 is 0. The molecule has 0 fully saturated rings. The van der Waals surface area contributed by atoms with Crippen LogP contribution in [0.3, 0.4) is 0 Å². The number of methoxy groups -OCH3 is 1. The number of nitrogen functional groups attached to an aromatic ring is 1. The molecule has 0 aliphatic rings. The Morgan fingerprint density at radius 3 is 2.86 bits per heavy atom. The van der Waals surface area contributed by atoms with Crippen molar-refractivity contribution in [3.05, 3.63) is 46.4 Å². The van der Waals surface area contributed by atoms with E-state index in [-0.39, 0.29) is 18.7 Å². The van der Waals surface area contributed by atoms with Crippen molar-refractivity contribution in [2.75, 3.05) is 19.5 Å². The molecule has 6 nitrogen and oxygen atoms in total. The maximum absolute atomic E-state index is 12.4. The lowest BCUT2D eigenvalue weighted by atomic mass is 10.0. The van der Waals surface area contributed by atoms with E-state index in [1.165, 1.54) is 18.0 Å². The number of aromatic nitrogens is 2. The van der Waals surface area contributed by atoms with Crippen molar-refractivity contribution < 1.29 is 9.84 Å². The van der Waals surface area contributed by atoms with E-state index < -0.39 is 6.10 Å². The first-order valence-corrected chi connectivity index (χ1v) is 6.62. The summed E-state index contributed by atoms with van der Waals surface area (Å²) in [7, 11) is 1.49. The second-order valence-electron chi connectivity index (χ2n) is 4.91. The summed E-state index contributed by atoms with van der Waals surface area (Å²) in [5.74, 6) is 0. The van der Waals surface area contributed by atoms with E-state index in [1.807, 2.05) is 19.1 Å². The fraction of sp³-hybridized carbons (Fsp3) is 0.333. The standard InChI is InChI=1S/C15H19N3O3/c1-10-3-4-11(7-14(10)16)13-5-6-17-18(15(13)20)8-12(19)9-21-2/h3-7,12,19H,8-9,16H2,1-2H3/t12-/m1/s1. The van der Waals surface area contributed by atoms with E-state index in [1.54, 1.807) is 12.1 Å². The molecule has 1 aromatic heterocycles. The fourth-order valence-electron chi connectivity index (χ4n) is 2.05. The molecule has 0 spiro atoms. The number of aliphatic hydroxyl groups excluding tert-OH is 1. The van der Waals surface area contributed by atoms with Crippen LogP contribution in [0, 0.1) is 6.92 Å². The van der Waals surface area contributed by atoms with E-state index in [0.29, 0.717) is 11.3 Å². The number of aliphatic hydroxyl groups is 1. The smallest absolute Gasteiger partial charge is 0.274 e. The van der Waals surface area contributed by atoms with Crippen molar-refractivity contribution in [3.63, 3.8) is 0 Å². The third-order valence-electron chi connectivity index (χ3n) is 3.25. The van der Waals surface area contributed by atoms with Gasteiger partial charge in [0.1, 0.15) is 0 Å². The fourth-order valence-corrected chi connectivity index (χ4v) is 2.05. The highest BCUT2D eigenvalue weighted by Gasteiger charge is 2.11. The van der Waals surface area contributed by atoms with E-state index >= 15 is 0 Å². The molecule has 21 heavy (non-hydrogen) atoms. The van der Waals surface area contributed by atoms with Crippen LogP contribution >= 0.6 is 0 Å². The number of hydrogen-bond acceptors (Lipinski definition) is 5. The van der Waals surface area contributed by atoms with Gasteiger partial charge in [-0.2, -0.15) is 5.10 Å². The molecule has 2 aromatic rings. The number of ether oxygens (including phenoxy) is 1. The molecular formula is C15H19N3O3. The van der Waals surface area contributed by atoms with Crippen molar-refractivity contribution >= 4 is 5.69 Å². The zero-order chi connectivity index (χ0) is 15.4. The van der Waals surface area contributed by atoms with Gasteiger partial charge >= 0.3 is 0 Å². The number of hydrogen-bond donors (Lipinski definition) is 2. The molecule has 112 valence electrons. The summed E-state index contributed by atoms with van der Waals surface area (Å²) in [6.07, 6.45) is 0.755. The van der Waals surface area contributed by atoms with Gasteiger partial charge in [-0.1, -0.05) is 12.1 Å². The Bertz CT molecular complexity index is 682. The number of benzene rings is 1. The number of nitrogens with two attached hydrogens (primary N) is 1. The molecular weight excluding hydrogens is 270 g/mol. The van der Waals surface area contributed by atoms with Crippen molar-refractivity contribution in [1.82, 2.24) is 9.78 Å². The molecule has 6 heteroatoms. The molecule has 0 aliphatic heterocycles. The summed E-state index contributed by atoms with van der Waals surface area (Å²) in [6.45, 7) is 2.14. The summed E-state index contributed by atoms with van der Waals surface area (Å²) < 4.78 is 6.08. The number of aryl methyl sites for hydroxylation is 1. The lowest BCUT2D eigenvalue weighted by Crippen LogP contribution is -2.31. The zero-order valence-corrected chi connectivity index (χ0v) is 12.1. The maximum atomic E-state index is 12.4. The molecule has 0 bridgehead atoms. The van der Waals surface area contributed by atoms with Crippen LogP contribution in [0.1, 0.15) is 5.56 Å². The lowest BCUT2D eigenvalue weighted by molar-refractivity contribution is 0.0504. The van der Waals surface area contributed by atoms with E-state index in [2.05, 4.69) is 5.10 Å². The van der Waals surface area contributed by atoms with Gasteiger partial charge in [0.25, 0.3) is 5.56 Å². The van der Waals surface area contributed by atoms with Crippen molar-refractivity contribution in [2.24, 2.45) is 0 Å². The first-order valence-electron chi connectivity index (χ1n) is 6.62. The van der Waals surface area contributed by atoms with E-state index in [0.717, 1.165) is 11.1 Å². The molecule has 3 N–H and O–H groups in total. The maximum Gasteiger partial charge on any atom is 0.274 e. The molecule has 1 aromatic carbocycles. The van der Waals surface area contributed by atoms with Gasteiger partial charge in [0.05, 0.1) is 24.8 Å². The second-order valence-corrected chi connectivity index (χ2v) is 4.91. The molecule has 0 unspecified atom stereocenters. The minimum Gasteiger partial charge on any atom is -0.398 e. The number of rotatable bonds is 5. The van der Waals surface area contributed by atoms with Gasteiger partial charge in [-0.15, -0.1) is 0 Å². The van der Waals surface area contributed by atoms with Crippen LogP contribution in [-0.2, 0) is 11.3 Å². The molecule has 0 aliphatic carbocycles. The Morgan fingerprint density at radius 1 is 1.43 bits per heavy atom. The molecule has 0 saturated carbocycles. The Morgan fingerprint density at radius 2 is 2.19 bits per heavy atom. The topological polar surface area (TPSA) is 90.4 Å². The van der Waals surface area contributed by atoms with Gasteiger partial charge in [0, 0.05) is 19.0 Å². The predicted octanol–water partition coefficient (Wildman–Crippen LogP) is 0.808. The molecule has 0 amide bonds. The third-order valence-corrected chi connectivity index (χ3v) is 3.25. The summed E-state index contributed by atoms with van der Waals surface area (Å²) in [5, 5.41) is 13.7. The molecule has 0 radical (unpaired) electrons. The first kappa shape index (κ1) is 15.2. The highest BCUT2D eigenvalue weighted by Crippen LogP contribution is 2.20. The van der Waals surface area contributed by atoms with Crippen molar-refractivity contribution in [2.45, 2.75) is 19.6 Å². The van der Waals surface area contributed by atoms with Crippen LogP contribution in [0.5, 0.6) is 0 Å². The summed E-state index contributed by atoms with van der Waals surface area (Å²) in [6, 6.07) is 7.13. The van der Waals surface area contributed by atoms with Crippen LogP contribution < -0.4 is 11.3 Å². The average molecular weight is 289 g/mol. The van der Waals surface area contributed by atoms with Gasteiger partial charge < -0.3 is 15.6 Å². The second kappa shape index (κ2) is 6.51. The Labute approximate surface area is 122 Å². The minimum atomic E-state index is -0.779. The Kier molecular flexibility index (Phi) is 4.72. The summed E-state index contributed by atoms with van der Waals surface area (Å²) in [4.78, 5) is 12.4. The van der Waals surface area contributed by atoms with E-state index in [4.69, 9.17) is 10.5 Å². The van der Waals surface area contributed by atoms with Gasteiger partial charge in [-0.3, -0.25) is 4.79 Å². The Hall–Kier alpha value is -2.18. The van der Waals surface area contributed by atoms with Crippen LogP contribution in [-0.4, -0.2) is 34.7 Å². The zero-order valence-electron chi connectivity index (χ0n) is 12.1. The van der Waals surface area contributed by atoms with E-state index in [9.17, 15) is 9.90 Å². The Balaban J connectivity index is 2.37. The average Bonchev–Trinajstić information content (AvgIpc) is 2.45. The van der Waals surface area contributed by atoms with Crippen LogP contribution in [0.25, 0.3) is 11.1 Å². The monoisotopic (exact) mass is 289 g/mol. The van der Waals surface area contributed by atoms with Crippen molar-refractivity contribution in [1.29, 1.82) is 0 Å². The highest BCUT2D eigenvalue weighted by molar-refractivity contribution is 5.67. The largest absolute Gasteiger partial charge is 0.398 e. The molecule has 2 rings (SSSR count). The molecule has 1 heterocycles. The predicted molar refractivity (Wildman–Crippen MR) is 81.0 cm³/mol. The highest BCUT2D eigenvalue weighted by atomic mass is 16.5. The molecule has 1 atom stereocenters. The van der Waals surface area contributed by atoms with Crippen LogP contribution in [0.4, 0.5) is 5.69 Å². The van der Waals surface area contributed by atoms with Gasteiger partial charge in [-0.05, 0) is 30.2 Å². The van der Waals surface area contributed by atoms with Gasteiger partial charge in [0.15, 0.2) is 0 Å². The third kappa shape index (κ3) is 3.48. The first-order chi connectivity index (χ1) is 10.0. The summed E-state index contributed by atoms with van der Waals surface area (Å²) in [5.41, 5.74) is 8.45. The minimum absolute atomic E-state index is 0.0852. The van der Waals surface area contributed by atoms with Crippen LogP contribution in [0.2, 0.25) is 0 Å². The van der Waals surface area contributed by atoms with Gasteiger partial charge in [-0.25, -0.2) is 4.68 Å². The SMILES string of the molecule is COC[C@H](O)Cn1nccc(-c2ccc(C)c(N)c2)c1=O. The number of nitrogens with zero attached hydrogens (tertiary/aromatic N) is 2. The quantitative estimate of drug-likeness (QED) is 0.795. The van der Waals surface area contributed by atoms with Gasteiger partial charge in [0.2, 0.25) is 0 Å². The van der Waals surface area contributed by atoms with Crippen molar-refractivity contribution in [3.8, 4) is 11.1 Å². The molecule has 0 saturated heterocycles.